The second-order valence-electron chi connectivity index (χ2n) is 5.67. The zero-order chi connectivity index (χ0) is 18.1. The highest BCUT2D eigenvalue weighted by Gasteiger charge is 2.28. The van der Waals surface area contributed by atoms with Crippen molar-refractivity contribution in [2.45, 2.75) is 38.8 Å². The monoisotopic (exact) mass is 330 g/mol. The molecule has 7 nitrogen and oxygen atoms in total. The molecule has 0 aliphatic rings. The number of carbonyl (C=O) groups is 3. The Morgan fingerprint density at radius 2 is 1.83 bits per heavy atom. The summed E-state index contributed by atoms with van der Waals surface area (Å²) in [4.78, 5) is 35.4. The number of carbonyl (C=O) groups excluding carboxylic acids is 3. The largest absolute Gasteiger partial charge is 0.368 e. The van der Waals surface area contributed by atoms with Crippen molar-refractivity contribution in [2.75, 3.05) is 0 Å². The molecule has 1 aromatic carbocycles. The number of benzene rings is 1. The first-order chi connectivity index (χ1) is 11.3. The van der Waals surface area contributed by atoms with Gasteiger partial charge in [-0.25, -0.2) is 0 Å². The number of rotatable bonds is 8. The summed E-state index contributed by atoms with van der Waals surface area (Å²) in [5.74, 6) is -2.01. The van der Waals surface area contributed by atoms with E-state index in [9.17, 15) is 14.4 Å². The van der Waals surface area contributed by atoms with Crippen LogP contribution < -0.4 is 16.4 Å². The van der Waals surface area contributed by atoms with Gasteiger partial charge >= 0.3 is 0 Å². The van der Waals surface area contributed by atoms with E-state index in [1.807, 2.05) is 36.4 Å². The van der Waals surface area contributed by atoms with Crippen molar-refractivity contribution in [3.05, 3.63) is 35.9 Å². The molecule has 4 N–H and O–H groups in total. The molecular weight excluding hydrogens is 308 g/mol. The van der Waals surface area contributed by atoms with Gasteiger partial charge in [0.2, 0.25) is 17.7 Å². The molecule has 128 valence electrons. The van der Waals surface area contributed by atoms with Crippen LogP contribution in [0.25, 0.3) is 0 Å². The van der Waals surface area contributed by atoms with Gasteiger partial charge in [0.1, 0.15) is 12.1 Å². The van der Waals surface area contributed by atoms with E-state index < -0.39 is 29.8 Å². The second-order valence-corrected chi connectivity index (χ2v) is 5.67. The van der Waals surface area contributed by atoms with E-state index in [-0.39, 0.29) is 18.7 Å². The van der Waals surface area contributed by atoms with E-state index >= 15 is 0 Å². The predicted molar refractivity (Wildman–Crippen MR) is 88.3 cm³/mol. The lowest BCUT2D eigenvalue weighted by atomic mass is 9.97. The van der Waals surface area contributed by atoms with Gasteiger partial charge in [-0.3, -0.25) is 14.4 Å². The Morgan fingerprint density at radius 3 is 2.33 bits per heavy atom. The topological polar surface area (TPSA) is 125 Å². The van der Waals surface area contributed by atoms with Crippen LogP contribution in [-0.4, -0.2) is 29.8 Å². The van der Waals surface area contributed by atoms with Gasteiger partial charge in [0.05, 0.1) is 6.07 Å². The molecule has 24 heavy (non-hydrogen) atoms. The van der Waals surface area contributed by atoms with Gasteiger partial charge in [-0.1, -0.05) is 37.3 Å². The zero-order valence-electron chi connectivity index (χ0n) is 13.8. The van der Waals surface area contributed by atoms with Crippen LogP contribution >= 0.6 is 0 Å². The van der Waals surface area contributed by atoms with Crippen LogP contribution in [0.1, 0.15) is 25.8 Å². The van der Waals surface area contributed by atoms with Crippen LogP contribution in [0.5, 0.6) is 0 Å². The van der Waals surface area contributed by atoms with Crippen molar-refractivity contribution in [3.8, 4) is 6.07 Å². The third-order valence-corrected chi connectivity index (χ3v) is 3.56. The lowest BCUT2D eigenvalue weighted by Crippen LogP contribution is -2.55. The molecule has 0 spiro atoms. The lowest BCUT2D eigenvalue weighted by Gasteiger charge is -2.24. The summed E-state index contributed by atoms with van der Waals surface area (Å²) < 4.78 is 0. The molecule has 7 heteroatoms. The SMILES string of the molecule is CC(=O)N[C@H](Cc1ccccc1)C(=O)N[C@H](C(N)=O)[C@H](C)CC#N. The first kappa shape index (κ1) is 19.2. The van der Waals surface area contributed by atoms with Crippen molar-refractivity contribution in [3.63, 3.8) is 0 Å². The number of nitrogens with one attached hydrogen (secondary N) is 2. The Hall–Kier alpha value is -2.88. The molecule has 0 unspecified atom stereocenters. The van der Waals surface area contributed by atoms with Crippen LogP contribution in [-0.2, 0) is 20.8 Å². The third kappa shape index (κ3) is 6.08. The standard InChI is InChI=1S/C17H22N4O3/c1-11(8-9-18)15(16(19)23)21-17(24)14(20-12(2)22)10-13-6-4-3-5-7-13/h3-7,11,14-15H,8,10H2,1-2H3,(H2,19,23)(H,20,22)(H,21,24)/t11-,14-,15+/m1/s1. The molecule has 0 heterocycles. The smallest absolute Gasteiger partial charge is 0.243 e. The molecule has 3 atom stereocenters. The average Bonchev–Trinajstić information content (AvgIpc) is 2.52. The number of hydrogen-bond donors (Lipinski definition) is 3. The maximum Gasteiger partial charge on any atom is 0.243 e. The number of nitrogens with zero attached hydrogens (tertiary/aromatic N) is 1. The fraction of sp³-hybridized carbons (Fsp3) is 0.412. The van der Waals surface area contributed by atoms with Gasteiger partial charge < -0.3 is 16.4 Å². The van der Waals surface area contributed by atoms with Gasteiger partial charge in [0.15, 0.2) is 0 Å². The first-order valence-corrected chi connectivity index (χ1v) is 7.62. The zero-order valence-corrected chi connectivity index (χ0v) is 13.8. The molecule has 0 saturated heterocycles. The predicted octanol–water partition coefficient (Wildman–Crippen LogP) is 0.254. The number of amides is 3. The number of nitriles is 1. The molecule has 3 amide bonds. The van der Waals surface area contributed by atoms with E-state index in [0.29, 0.717) is 0 Å². The number of hydrogen-bond acceptors (Lipinski definition) is 4. The van der Waals surface area contributed by atoms with Gasteiger partial charge in [-0.15, -0.1) is 0 Å². The minimum Gasteiger partial charge on any atom is -0.368 e. The normalized spacial score (nSPS) is 13.9. The highest BCUT2D eigenvalue weighted by Crippen LogP contribution is 2.09. The maximum absolute atomic E-state index is 12.5. The summed E-state index contributed by atoms with van der Waals surface area (Å²) in [6.45, 7) is 2.97. The summed E-state index contributed by atoms with van der Waals surface area (Å²) in [6.07, 6.45) is 0.363. The summed E-state index contributed by atoms with van der Waals surface area (Å²) in [5, 5.41) is 13.9. The molecule has 1 aromatic rings. The van der Waals surface area contributed by atoms with Crippen molar-refractivity contribution < 1.29 is 14.4 Å². The molecule has 0 bridgehead atoms. The van der Waals surface area contributed by atoms with E-state index in [1.165, 1.54) is 6.92 Å². The Kier molecular flexibility index (Phi) is 7.43. The van der Waals surface area contributed by atoms with Crippen LogP contribution in [0.4, 0.5) is 0 Å². The van der Waals surface area contributed by atoms with E-state index in [2.05, 4.69) is 10.6 Å². The fourth-order valence-corrected chi connectivity index (χ4v) is 2.31. The van der Waals surface area contributed by atoms with Crippen LogP contribution in [0.15, 0.2) is 30.3 Å². The molecular formula is C17H22N4O3. The van der Waals surface area contributed by atoms with Crippen molar-refractivity contribution in [1.29, 1.82) is 5.26 Å². The summed E-state index contributed by atoms with van der Waals surface area (Å²) in [7, 11) is 0. The van der Waals surface area contributed by atoms with Gasteiger partial charge in [-0.05, 0) is 11.5 Å². The first-order valence-electron chi connectivity index (χ1n) is 7.62. The van der Waals surface area contributed by atoms with Gasteiger partial charge in [0.25, 0.3) is 0 Å². The minimum absolute atomic E-state index is 0.0807. The van der Waals surface area contributed by atoms with Gasteiger partial charge in [0, 0.05) is 19.8 Å². The molecule has 0 radical (unpaired) electrons. The van der Waals surface area contributed by atoms with Crippen LogP contribution in [0.2, 0.25) is 0 Å². The third-order valence-electron chi connectivity index (χ3n) is 3.56. The number of nitrogens with two attached hydrogens (primary N) is 1. The van der Waals surface area contributed by atoms with Crippen LogP contribution in [0, 0.1) is 17.2 Å². The summed E-state index contributed by atoms with van der Waals surface area (Å²) in [6, 6.07) is 9.34. The molecule has 0 aliphatic heterocycles. The lowest BCUT2D eigenvalue weighted by molar-refractivity contribution is -0.131. The van der Waals surface area contributed by atoms with E-state index in [4.69, 9.17) is 11.0 Å². The second kappa shape index (κ2) is 9.30. The van der Waals surface area contributed by atoms with Crippen molar-refractivity contribution >= 4 is 17.7 Å². The van der Waals surface area contributed by atoms with Crippen molar-refractivity contribution in [1.82, 2.24) is 10.6 Å². The molecule has 0 aromatic heterocycles. The quantitative estimate of drug-likeness (QED) is 0.632. The summed E-state index contributed by atoms with van der Waals surface area (Å²) in [5.41, 5.74) is 6.19. The highest BCUT2D eigenvalue weighted by molar-refractivity contribution is 5.91. The molecule has 0 aliphatic carbocycles. The Labute approximate surface area is 141 Å². The van der Waals surface area contributed by atoms with E-state index in [1.54, 1.807) is 6.92 Å². The maximum atomic E-state index is 12.5. The molecule has 0 fully saturated rings. The Balaban J connectivity index is 2.88. The highest BCUT2D eigenvalue weighted by atomic mass is 16.2. The average molecular weight is 330 g/mol. The Bertz CT molecular complexity index is 624. The van der Waals surface area contributed by atoms with Gasteiger partial charge in [-0.2, -0.15) is 5.26 Å². The molecule has 1 rings (SSSR count). The fourth-order valence-electron chi connectivity index (χ4n) is 2.31. The number of primary amides is 1. The summed E-state index contributed by atoms with van der Waals surface area (Å²) >= 11 is 0. The molecule has 0 saturated carbocycles. The van der Waals surface area contributed by atoms with Crippen LogP contribution in [0.3, 0.4) is 0 Å². The van der Waals surface area contributed by atoms with Crippen molar-refractivity contribution in [2.24, 2.45) is 11.7 Å². The van der Waals surface area contributed by atoms with E-state index in [0.717, 1.165) is 5.56 Å². The Morgan fingerprint density at radius 1 is 1.21 bits per heavy atom. The minimum atomic E-state index is -0.968.